The normalized spacial score (nSPS) is 15.7. The van der Waals surface area contributed by atoms with Crippen molar-refractivity contribution in [1.82, 2.24) is 15.1 Å². The first kappa shape index (κ1) is 22.7. The van der Waals surface area contributed by atoms with E-state index in [1.54, 1.807) is 4.90 Å². The van der Waals surface area contributed by atoms with Crippen LogP contribution in [0, 0.1) is 0 Å². The summed E-state index contributed by atoms with van der Waals surface area (Å²) in [6.07, 6.45) is 0. The van der Waals surface area contributed by atoms with Gasteiger partial charge in [0.15, 0.2) is 0 Å². The standard InChI is InChI=1S/C16H24N4O2.2ClH/c1-2-18-14(21)12-19-8-10-20(11-9-19)16(22)15(17)13-6-4-3-5-7-13;;/h3-7,15H,2,8-12,17H2,1H3,(H,18,21);2*1H. The predicted octanol–water partition coefficient (Wildman–Crippen LogP) is 0.810. The largest absolute Gasteiger partial charge is 0.355 e. The first-order valence-corrected chi connectivity index (χ1v) is 7.70. The number of nitrogens with two attached hydrogens (primary N) is 1. The Morgan fingerprint density at radius 3 is 2.25 bits per heavy atom. The van der Waals surface area contributed by atoms with Crippen LogP contribution < -0.4 is 11.1 Å². The number of halogens is 2. The van der Waals surface area contributed by atoms with Gasteiger partial charge in [-0.1, -0.05) is 30.3 Å². The maximum absolute atomic E-state index is 12.4. The number of amides is 2. The third-order valence-corrected chi connectivity index (χ3v) is 3.85. The maximum atomic E-state index is 12.4. The molecule has 3 N–H and O–H groups in total. The summed E-state index contributed by atoms with van der Waals surface area (Å²) in [7, 11) is 0. The van der Waals surface area contributed by atoms with Crippen LogP contribution in [0.1, 0.15) is 18.5 Å². The molecule has 8 heteroatoms. The molecule has 1 aromatic carbocycles. The molecule has 1 unspecified atom stereocenters. The predicted molar refractivity (Wildman–Crippen MR) is 99.6 cm³/mol. The van der Waals surface area contributed by atoms with Crippen LogP contribution in [0.3, 0.4) is 0 Å². The molecule has 0 radical (unpaired) electrons. The van der Waals surface area contributed by atoms with Gasteiger partial charge in [-0.2, -0.15) is 0 Å². The summed E-state index contributed by atoms with van der Waals surface area (Å²) in [4.78, 5) is 27.8. The Morgan fingerprint density at radius 1 is 1.12 bits per heavy atom. The number of nitrogens with zero attached hydrogens (tertiary/aromatic N) is 2. The van der Waals surface area contributed by atoms with Gasteiger partial charge < -0.3 is 16.0 Å². The number of carbonyl (C=O) groups excluding carboxylic acids is 2. The molecule has 0 spiro atoms. The van der Waals surface area contributed by atoms with E-state index >= 15 is 0 Å². The molecule has 6 nitrogen and oxygen atoms in total. The van der Waals surface area contributed by atoms with E-state index in [1.165, 1.54) is 0 Å². The van der Waals surface area contributed by atoms with Crippen molar-refractivity contribution in [2.24, 2.45) is 5.73 Å². The van der Waals surface area contributed by atoms with Crippen LogP contribution in [-0.4, -0.2) is 60.9 Å². The minimum Gasteiger partial charge on any atom is -0.355 e. The van der Waals surface area contributed by atoms with Gasteiger partial charge in [0.05, 0.1) is 6.54 Å². The van der Waals surface area contributed by atoms with Gasteiger partial charge in [0.2, 0.25) is 11.8 Å². The summed E-state index contributed by atoms with van der Waals surface area (Å²) in [6, 6.07) is 8.79. The minimum atomic E-state index is -0.615. The molecule has 1 heterocycles. The first-order valence-electron chi connectivity index (χ1n) is 7.70. The highest BCUT2D eigenvalue weighted by atomic mass is 35.5. The number of likely N-dealkylation sites (N-methyl/N-ethyl adjacent to an activating group) is 1. The topological polar surface area (TPSA) is 78.7 Å². The molecule has 1 fully saturated rings. The van der Waals surface area contributed by atoms with Crippen molar-refractivity contribution in [2.45, 2.75) is 13.0 Å². The van der Waals surface area contributed by atoms with Gasteiger partial charge in [0.25, 0.3) is 0 Å². The Bertz CT molecular complexity index is 508. The van der Waals surface area contributed by atoms with Crippen molar-refractivity contribution in [1.29, 1.82) is 0 Å². The molecule has 136 valence electrons. The molecule has 0 bridgehead atoms. The number of piperazine rings is 1. The van der Waals surface area contributed by atoms with E-state index < -0.39 is 6.04 Å². The zero-order valence-corrected chi connectivity index (χ0v) is 15.4. The van der Waals surface area contributed by atoms with E-state index in [9.17, 15) is 9.59 Å². The van der Waals surface area contributed by atoms with E-state index in [0.29, 0.717) is 39.3 Å². The number of rotatable bonds is 5. The molecule has 1 saturated heterocycles. The van der Waals surface area contributed by atoms with Crippen LogP contribution in [0.2, 0.25) is 0 Å². The van der Waals surface area contributed by atoms with Crippen LogP contribution >= 0.6 is 24.8 Å². The van der Waals surface area contributed by atoms with Gasteiger partial charge in [-0.05, 0) is 12.5 Å². The summed E-state index contributed by atoms with van der Waals surface area (Å²) in [6.45, 7) is 5.55. The highest BCUT2D eigenvalue weighted by Crippen LogP contribution is 2.14. The molecule has 2 rings (SSSR count). The highest BCUT2D eigenvalue weighted by molar-refractivity contribution is 5.85. The van der Waals surface area contributed by atoms with E-state index in [-0.39, 0.29) is 36.6 Å². The average Bonchev–Trinajstić information content (AvgIpc) is 2.55. The third kappa shape index (κ3) is 6.28. The second kappa shape index (κ2) is 11.3. The van der Waals surface area contributed by atoms with Crippen molar-refractivity contribution in [3.05, 3.63) is 35.9 Å². The summed E-state index contributed by atoms with van der Waals surface area (Å²) < 4.78 is 0. The van der Waals surface area contributed by atoms with E-state index in [2.05, 4.69) is 10.2 Å². The zero-order valence-electron chi connectivity index (χ0n) is 13.8. The molecular weight excluding hydrogens is 351 g/mol. The van der Waals surface area contributed by atoms with Crippen molar-refractivity contribution >= 4 is 36.6 Å². The highest BCUT2D eigenvalue weighted by Gasteiger charge is 2.26. The van der Waals surface area contributed by atoms with E-state index in [4.69, 9.17) is 5.73 Å². The lowest BCUT2D eigenvalue weighted by molar-refractivity contribution is -0.134. The van der Waals surface area contributed by atoms with Gasteiger partial charge in [0.1, 0.15) is 6.04 Å². The molecule has 0 aliphatic carbocycles. The van der Waals surface area contributed by atoms with Crippen LogP contribution in [0.15, 0.2) is 30.3 Å². The van der Waals surface area contributed by atoms with E-state index in [0.717, 1.165) is 5.56 Å². The Balaban J connectivity index is 0.00000264. The number of hydrogen-bond acceptors (Lipinski definition) is 4. The van der Waals surface area contributed by atoms with Crippen LogP contribution in [0.5, 0.6) is 0 Å². The van der Waals surface area contributed by atoms with E-state index in [1.807, 2.05) is 37.3 Å². The molecule has 1 aliphatic rings. The summed E-state index contributed by atoms with van der Waals surface area (Å²) >= 11 is 0. The van der Waals surface area contributed by atoms with Crippen LogP contribution in [-0.2, 0) is 9.59 Å². The van der Waals surface area contributed by atoms with Gasteiger partial charge >= 0.3 is 0 Å². The molecule has 1 aliphatic heterocycles. The second-order valence-corrected chi connectivity index (χ2v) is 5.44. The molecule has 1 atom stereocenters. The molecule has 2 amide bonds. The second-order valence-electron chi connectivity index (χ2n) is 5.44. The van der Waals surface area contributed by atoms with Gasteiger partial charge in [0, 0.05) is 32.7 Å². The number of carbonyl (C=O) groups is 2. The average molecular weight is 377 g/mol. The molecule has 0 aromatic heterocycles. The molecular formula is C16H26Cl2N4O2. The van der Waals surface area contributed by atoms with Crippen molar-refractivity contribution < 1.29 is 9.59 Å². The maximum Gasteiger partial charge on any atom is 0.244 e. The SMILES string of the molecule is CCNC(=O)CN1CCN(C(=O)C(N)c2ccccc2)CC1.Cl.Cl. The molecule has 1 aromatic rings. The fraction of sp³-hybridized carbons (Fsp3) is 0.500. The van der Waals surface area contributed by atoms with Crippen molar-refractivity contribution in [3.8, 4) is 0 Å². The lowest BCUT2D eigenvalue weighted by Crippen LogP contribution is -2.52. The van der Waals surface area contributed by atoms with Crippen LogP contribution in [0.4, 0.5) is 0 Å². The monoisotopic (exact) mass is 376 g/mol. The van der Waals surface area contributed by atoms with Crippen LogP contribution in [0.25, 0.3) is 0 Å². The Hall–Kier alpha value is -1.34. The van der Waals surface area contributed by atoms with Crippen molar-refractivity contribution in [2.75, 3.05) is 39.3 Å². The number of hydrogen-bond donors (Lipinski definition) is 2. The van der Waals surface area contributed by atoms with Gasteiger partial charge in [-0.15, -0.1) is 24.8 Å². The fourth-order valence-corrected chi connectivity index (χ4v) is 2.58. The van der Waals surface area contributed by atoms with Gasteiger partial charge in [-0.3, -0.25) is 14.5 Å². The summed E-state index contributed by atoms with van der Waals surface area (Å²) in [5.74, 6) is -0.0212. The molecule has 24 heavy (non-hydrogen) atoms. The Morgan fingerprint density at radius 2 is 1.71 bits per heavy atom. The lowest BCUT2D eigenvalue weighted by Gasteiger charge is -2.35. The number of benzene rings is 1. The summed E-state index contributed by atoms with van der Waals surface area (Å²) in [5.41, 5.74) is 6.89. The minimum absolute atomic E-state index is 0. The number of nitrogens with one attached hydrogen (secondary N) is 1. The smallest absolute Gasteiger partial charge is 0.244 e. The molecule has 0 saturated carbocycles. The fourth-order valence-electron chi connectivity index (χ4n) is 2.58. The van der Waals surface area contributed by atoms with Gasteiger partial charge in [-0.25, -0.2) is 0 Å². The van der Waals surface area contributed by atoms with Crippen molar-refractivity contribution in [3.63, 3.8) is 0 Å². The zero-order chi connectivity index (χ0) is 15.9. The lowest BCUT2D eigenvalue weighted by atomic mass is 10.1. The Kier molecular flexibility index (Phi) is 10.6. The summed E-state index contributed by atoms with van der Waals surface area (Å²) in [5, 5.41) is 2.79. The first-order chi connectivity index (χ1) is 10.6. The third-order valence-electron chi connectivity index (χ3n) is 3.85. The Labute approximate surface area is 155 Å². The quantitative estimate of drug-likeness (QED) is 0.796.